The highest BCUT2D eigenvalue weighted by molar-refractivity contribution is 6.66. The minimum Gasteiger partial charge on any atom is -0.341 e. The van der Waals surface area contributed by atoms with E-state index in [2.05, 4.69) is 52.8 Å². The van der Waals surface area contributed by atoms with Crippen LogP contribution in [0.4, 0.5) is 5.95 Å². The molecule has 27 heavy (non-hydrogen) atoms. The molecule has 146 valence electrons. The van der Waals surface area contributed by atoms with Crippen molar-refractivity contribution in [3.63, 3.8) is 0 Å². The molecule has 0 radical (unpaired) electrons. The molecule has 0 bridgehead atoms. The van der Waals surface area contributed by atoms with Crippen molar-refractivity contribution in [1.82, 2.24) is 15.0 Å². The van der Waals surface area contributed by atoms with Crippen molar-refractivity contribution >= 4 is 40.8 Å². The Labute approximate surface area is 175 Å². The first-order chi connectivity index (χ1) is 12.5. The van der Waals surface area contributed by atoms with Gasteiger partial charge in [-0.15, -0.1) is 0 Å². The SMILES string of the molecule is CC(C)(C)c1ccc(-c2nc(N3CCC(N)CC3)nc(C(Cl)(Cl)Cl)n2)cc1. The molecule has 0 atom stereocenters. The fraction of sp³-hybridized carbons (Fsp3) is 0.526. The van der Waals surface area contributed by atoms with E-state index in [9.17, 15) is 0 Å². The highest BCUT2D eigenvalue weighted by Gasteiger charge is 2.30. The molecule has 8 heteroatoms. The van der Waals surface area contributed by atoms with E-state index in [4.69, 9.17) is 40.5 Å². The van der Waals surface area contributed by atoms with Gasteiger partial charge in [-0.2, -0.15) is 9.97 Å². The van der Waals surface area contributed by atoms with Crippen LogP contribution < -0.4 is 10.6 Å². The molecule has 1 aliphatic heterocycles. The molecule has 1 aromatic heterocycles. The second kappa shape index (κ2) is 7.70. The number of alkyl halides is 3. The maximum atomic E-state index is 6.08. The van der Waals surface area contributed by atoms with Crippen molar-refractivity contribution in [3.8, 4) is 11.4 Å². The first-order valence-electron chi connectivity index (χ1n) is 8.99. The normalized spacial score (nSPS) is 16.6. The molecule has 1 aromatic carbocycles. The Balaban J connectivity index is 2.00. The van der Waals surface area contributed by atoms with E-state index >= 15 is 0 Å². The van der Waals surface area contributed by atoms with Crippen LogP contribution in [0, 0.1) is 0 Å². The van der Waals surface area contributed by atoms with Crippen LogP contribution in [0.2, 0.25) is 0 Å². The van der Waals surface area contributed by atoms with Crippen LogP contribution >= 0.6 is 34.8 Å². The summed E-state index contributed by atoms with van der Waals surface area (Å²) in [6.07, 6.45) is 1.76. The van der Waals surface area contributed by atoms with Crippen LogP contribution in [-0.2, 0) is 9.21 Å². The van der Waals surface area contributed by atoms with Gasteiger partial charge in [0.1, 0.15) is 0 Å². The third-order valence-electron chi connectivity index (χ3n) is 4.71. The summed E-state index contributed by atoms with van der Waals surface area (Å²) in [6.45, 7) is 8.06. The van der Waals surface area contributed by atoms with E-state index in [1.54, 1.807) is 0 Å². The Morgan fingerprint density at radius 3 is 2.07 bits per heavy atom. The van der Waals surface area contributed by atoms with Gasteiger partial charge in [-0.3, -0.25) is 0 Å². The van der Waals surface area contributed by atoms with E-state index in [0.717, 1.165) is 31.5 Å². The molecule has 5 nitrogen and oxygen atoms in total. The number of halogens is 3. The number of aromatic nitrogens is 3. The maximum Gasteiger partial charge on any atom is 0.250 e. The molecule has 2 heterocycles. The second-order valence-corrected chi connectivity index (χ2v) is 10.2. The highest BCUT2D eigenvalue weighted by Crippen LogP contribution is 2.37. The standard InChI is InChI=1S/C19H24Cl3N5/c1-18(2,3)13-6-4-12(5-7-13)15-24-16(19(20,21)22)26-17(25-15)27-10-8-14(23)9-11-27/h4-7,14H,8-11,23H2,1-3H3. The fourth-order valence-electron chi connectivity index (χ4n) is 2.98. The second-order valence-electron chi connectivity index (χ2n) is 7.93. The van der Waals surface area contributed by atoms with Crippen molar-refractivity contribution in [2.24, 2.45) is 5.73 Å². The molecule has 3 rings (SSSR count). The minimum absolute atomic E-state index is 0.0675. The van der Waals surface area contributed by atoms with Crippen LogP contribution in [0.15, 0.2) is 24.3 Å². The lowest BCUT2D eigenvalue weighted by atomic mass is 9.87. The summed E-state index contributed by atoms with van der Waals surface area (Å²) in [4.78, 5) is 15.5. The molecule has 0 unspecified atom stereocenters. The third-order valence-corrected chi connectivity index (χ3v) is 5.22. The van der Waals surface area contributed by atoms with Gasteiger partial charge in [-0.1, -0.05) is 79.8 Å². The van der Waals surface area contributed by atoms with Crippen molar-refractivity contribution < 1.29 is 0 Å². The van der Waals surface area contributed by atoms with Gasteiger partial charge in [-0.05, 0) is 23.8 Å². The van der Waals surface area contributed by atoms with Crippen molar-refractivity contribution in [2.45, 2.75) is 48.9 Å². The van der Waals surface area contributed by atoms with Crippen molar-refractivity contribution in [2.75, 3.05) is 18.0 Å². The third kappa shape index (κ3) is 5.02. The number of anilines is 1. The van der Waals surface area contributed by atoms with Crippen LogP contribution in [-0.4, -0.2) is 34.1 Å². The van der Waals surface area contributed by atoms with Crippen LogP contribution in [0.3, 0.4) is 0 Å². The highest BCUT2D eigenvalue weighted by atomic mass is 35.6. The summed E-state index contributed by atoms with van der Waals surface area (Å²) in [5.74, 6) is 1.15. The fourth-order valence-corrected chi connectivity index (χ4v) is 3.23. The Morgan fingerprint density at radius 2 is 1.56 bits per heavy atom. The quantitative estimate of drug-likeness (QED) is 0.708. The van der Waals surface area contributed by atoms with Gasteiger partial charge >= 0.3 is 0 Å². The Bertz CT molecular complexity index is 788. The number of rotatable bonds is 2. The first-order valence-corrected chi connectivity index (χ1v) is 10.1. The number of hydrogen-bond donors (Lipinski definition) is 1. The van der Waals surface area contributed by atoms with Gasteiger partial charge in [0.05, 0.1) is 0 Å². The molecule has 1 fully saturated rings. The zero-order chi connectivity index (χ0) is 19.8. The van der Waals surface area contributed by atoms with Crippen molar-refractivity contribution in [1.29, 1.82) is 0 Å². The maximum absolute atomic E-state index is 6.08. The van der Waals surface area contributed by atoms with E-state index in [1.807, 2.05) is 12.1 Å². The summed E-state index contributed by atoms with van der Waals surface area (Å²) >= 11 is 18.2. The molecule has 0 saturated carbocycles. The lowest BCUT2D eigenvalue weighted by Crippen LogP contribution is -2.40. The zero-order valence-electron chi connectivity index (χ0n) is 15.7. The number of nitrogens with zero attached hydrogens (tertiary/aromatic N) is 4. The molecule has 0 spiro atoms. The summed E-state index contributed by atoms with van der Waals surface area (Å²) in [6, 6.07) is 8.35. The number of nitrogens with two attached hydrogens (primary N) is 1. The Morgan fingerprint density at radius 1 is 0.963 bits per heavy atom. The molecule has 0 aliphatic carbocycles. The summed E-state index contributed by atoms with van der Waals surface area (Å²) < 4.78 is -1.72. The first kappa shape index (κ1) is 20.6. The number of benzene rings is 1. The average molecular weight is 429 g/mol. The Hall–Kier alpha value is -1.14. The summed E-state index contributed by atoms with van der Waals surface area (Å²) in [7, 11) is 0. The van der Waals surface area contributed by atoms with E-state index in [-0.39, 0.29) is 17.3 Å². The van der Waals surface area contributed by atoms with E-state index in [0.29, 0.717) is 11.8 Å². The largest absolute Gasteiger partial charge is 0.341 e. The number of piperidine rings is 1. The van der Waals surface area contributed by atoms with Crippen molar-refractivity contribution in [3.05, 3.63) is 35.7 Å². The van der Waals surface area contributed by atoms with Gasteiger partial charge in [0.2, 0.25) is 9.74 Å². The minimum atomic E-state index is -1.72. The van der Waals surface area contributed by atoms with Gasteiger partial charge in [-0.25, -0.2) is 4.98 Å². The number of hydrogen-bond acceptors (Lipinski definition) is 5. The lowest BCUT2D eigenvalue weighted by molar-refractivity contribution is 0.494. The summed E-state index contributed by atoms with van der Waals surface area (Å²) in [5.41, 5.74) is 8.15. The van der Waals surface area contributed by atoms with Crippen LogP contribution in [0.5, 0.6) is 0 Å². The molecule has 2 aromatic rings. The lowest BCUT2D eigenvalue weighted by Gasteiger charge is -2.30. The van der Waals surface area contributed by atoms with Gasteiger partial charge in [0, 0.05) is 24.7 Å². The van der Waals surface area contributed by atoms with E-state index < -0.39 is 3.79 Å². The van der Waals surface area contributed by atoms with Gasteiger partial charge < -0.3 is 10.6 Å². The molecule has 0 amide bonds. The topological polar surface area (TPSA) is 67.9 Å². The predicted octanol–water partition coefficient (Wildman–Crippen LogP) is 4.59. The average Bonchev–Trinajstić information content (AvgIpc) is 2.60. The van der Waals surface area contributed by atoms with Crippen LogP contribution in [0.1, 0.15) is 45.0 Å². The molecular weight excluding hydrogens is 405 g/mol. The molecule has 1 saturated heterocycles. The van der Waals surface area contributed by atoms with Gasteiger partial charge in [0.15, 0.2) is 11.6 Å². The Kier molecular flexibility index (Phi) is 5.88. The summed E-state index contributed by atoms with van der Waals surface area (Å²) in [5, 5.41) is 0. The van der Waals surface area contributed by atoms with Crippen LogP contribution in [0.25, 0.3) is 11.4 Å². The molecule has 1 aliphatic rings. The monoisotopic (exact) mass is 427 g/mol. The smallest absolute Gasteiger partial charge is 0.250 e. The molecule has 2 N–H and O–H groups in total. The van der Waals surface area contributed by atoms with Gasteiger partial charge in [0.25, 0.3) is 0 Å². The van der Waals surface area contributed by atoms with E-state index in [1.165, 1.54) is 5.56 Å². The molecular formula is C19H24Cl3N5. The zero-order valence-corrected chi connectivity index (χ0v) is 18.0. The predicted molar refractivity (Wildman–Crippen MR) is 113 cm³/mol.